The third-order valence-corrected chi connectivity index (χ3v) is 17.0. The Kier molecular flexibility index (Phi) is 32.1. The summed E-state index contributed by atoms with van der Waals surface area (Å²) in [5.74, 6) is -11.7. The van der Waals surface area contributed by atoms with E-state index in [0.717, 1.165) is 0 Å². The van der Waals surface area contributed by atoms with Gasteiger partial charge in [-0.25, -0.2) is 4.79 Å². The Morgan fingerprint density at radius 3 is 1.44 bits per heavy atom. The van der Waals surface area contributed by atoms with E-state index in [9.17, 15) is 83.1 Å². The van der Waals surface area contributed by atoms with Crippen LogP contribution in [0.4, 0.5) is 0 Å². The molecule has 2 fully saturated rings. The summed E-state index contributed by atoms with van der Waals surface area (Å²) < 4.78 is 0. The summed E-state index contributed by atoms with van der Waals surface area (Å²) in [6, 6.07) is 0.379. The summed E-state index contributed by atoms with van der Waals surface area (Å²) in [7, 11) is 0. The van der Waals surface area contributed by atoms with Gasteiger partial charge in [0.2, 0.25) is 65.0 Å². The highest BCUT2D eigenvalue weighted by Crippen LogP contribution is 2.23. The van der Waals surface area contributed by atoms with Crippen molar-refractivity contribution in [3.8, 4) is 0 Å². The van der Waals surface area contributed by atoms with E-state index in [1.54, 1.807) is 108 Å². The number of nitrogens with one attached hydrogen (secondary N) is 9. The number of benzene rings is 2. The number of aliphatic hydroxyl groups is 4. The number of thioether (sulfide) groups is 1. The summed E-state index contributed by atoms with van der Waals surface area (Å²) >= 11 is 1.34. The SMILES string of the molecule is CCC(C)C(NC(=O)C(CO)NC(=O)C(Cc1ccccc1)NC(=O)C(CO)NC(=O)C(N)C(C)O)C(=O)NC(CC(C)C)C(=O)NC(CCSC)C(=O)NC(CO)C(=O)N1CCCC1C(=O)NC(Cc1ccccc1)C(=O)NC(C(=O)N1CCCC1C(=O)O)C(C)C. The van der Waals surface area contributed by atoms with Crippen molar-refractivity contribution in [3.05, 3.63) is 71.8 Å². The molecule has 4 rings (SSSR count). The fourth-order valence-electron chi connectivity index (χ4n) is 10.7. The topological polar surface area (TPSA) is 447 Å². The van der Waals surface area contributed by atoms with E-state index < -0.39 is 181 Å². The first-order chi connectivity index (χ1) is 44.1. The summed E-state index contributed by atoms with van der Waals surface area (Å²) in [4.78, 5) is 168. The molecule has 0 saturated carbocycles. The number of hydrogen-bond donors (Lipinski definition) is 15. The summed E-state index contributed by atoms with van der Waals surface area (Å²) in [5.41, 5.74) is 6.88. The van der Waals surface area contributed by atoms with Gasteiger partial charge in [0, 0.05) is 25.9 Å². The van der Waals surface area contributed by atoms with Crippen LogP contribution in [0.3, 0.4) is 0 Å². The fraction of sp³-hybridized carbons (Fsp3) is 0.619. The second-order valence-corrected chi connectivity index (χ2v) is 25.3. The van der Waals surface area contributed by atoms with Crippen LogP contribution in [0.1, 0.15) is 105 Å². The summed E-state index contributed by atoms with van der Waals surface area (Å²) in [5, 5.41) is 73.8. The van der Waals surface area contributed by atoms with Gasteiger partial charge in [-0.1, -0.05) is 109 Å². The number of amides is 11. The summed E-state index contributed by atoms with van der Waals surface area (Å²) in [6.07, 6.45) is 1.72. The lowest BCUT2D eigenvalue weighted by molar-refractivity contribution is -0.150. The highest BCUT2D eigenvalue weighted by Gasteiger charge is 2.43. The van der Waals surface area contributed by atoms with Gasteiger partial charge in [0.05, 0.1) is 25.9 Å². The van der Waals surface area contributed by atoms with Crippen molar-refractivity contribution < 1.29 is 83.1 Å². The lowest BCUT2D eigenvalue weighted by Crippen LogP contribution is -2.62. The standard InChI is InChI=1S/C63H96N12O17S/c1-9-36(6)51(73-57(85)45(32-77)69-54(82)42(29-38-18-12-10-13-19-38)66-56(84)44(31-76)70-59(87)49(64)37(7)79)60(88)68-41(28-34(2)3)53(81)65-40(24-27-93-8)52(80)71-46(33-78)61(89)74-25-16-22-47(74)58(86)67-43(30-39-20-14-11-15-21-39)55(83)72-50(35(4)5)62(90)75-26-17-23-48(75)63(91)92/h10-15,18-21,34-37,40-51,76-79H,9,16-17,22-33,64H2,1-8H3,(H,65,81)(H,66,84)(H,67,86)(H,68,88)(H,69,82)(H,70,87)(H,71,80)(H,72,83)(H,73,85)(H,91,92). The zero-order chi connectivity index (χ0) is 69.2. The van der Waals surface area contributed by atoms with Gasteiger partial charge in [0.25, 0.3) is 0 Å². The van der Waals surface area contributed by atoms with E-state index in [-0.39, 0.29) is 57.5 Å². The minimum absolute atomic E-state index is 0.00142. The molecule has 2 heterocycles. The third-order valence-electron chi connectivity index (χ3n) is 16.3. The highest BCUT2D eigenvalue weighted by molar-refractivity contribution is 7.98. The Morgan fingerprint density at radius 2 is 0.946 bits per heavy atom. The quantitative estimate of drug-likeness (QED) is 0.0322. The molecule has 2 aromatic carbocycles. The van der Waals surface area contributed by atoms with E-state index in [0.29, 0.717) is 36.1 Å². The van der Waals surface area contributed by atoms with Crippen LogP contribution in [0.2, 0.25) is 0 Å². The Bertz CT molecular complexity index is 2860. The number of carboxylic acid groups (broad SMARTS) is 1. The van der Waals surface area contributed by atoms with Gasteiger partial charge < -0.3 is 88.9 Å². The van der Waals surface area contributed by atoms with Crippen molar-refractivity contribution in [2.45, 2.75) is 185 Å². The molecule has 93 heavy (non-hydrogen) atoms. The smallest absolute Gasteiger partial charge is 0.326 e. The molecule has 11 amide bonds. The molecular weight excluding hydrogens is 1230 g/mol. The molecule has 0 radical (unpaired) electrons. The number of nitrogens with zero attached hydrogens (tertiary/aromatic N) is 2. The Balaban J connectivity index is 1.50. The number of hydrogen-bond acceptors (Lipinski definition) is 18. The molecular formula is C63H96N12O17S. The molecule has 29 nitrogen and oxygen atoms in total. The van der Waals surface area contributed by atoms with Gasteiger partial charge in [0.15, 0.2) is 0 Å². The molecule has 2 aromatic rings. The van der Waals surface area contributed by atoms with Gasteiger partial charge >= 0.3 is 5.97 Å². The molecule has 0 spiro atoms. The number of carboxylic acids is 1. The molecule has 30 heteroatoms. The first kappa shape index (κ1) is 77.7. The largest absolute Gasteiger partial charge is 0.480 e. The van der Waals surface area contributed by atoms with Gasteiger partial charge in [-0.3, -0.25) is 52.7 Å². The van der Waals surface area contributed by atoms with Gasteiger partial charge in [-0.05, 0) is 86.3 Å². The normalized spacial score (nSPS) is 18.5. The number of carbonyl (C=O) groups excluding carboxylic acids is 11. The van der Waals surface area contributed by atoms with Crippen LogP contribution >= 0.6 is 11.8 Å². The van der Waals surface area contributed by atoms with Crippen molar-refractivity contribution in [3.63, 3.8) is 0 Å². The zero-order valence-electron chi connectivity index (χ0n) is 54.1. The Labute approximate surface area is 546 Å². The van der Waals surface area contributed by atoms with Crippen molar-refractivity contribution in [2.75, 3.05) is 44.9 Å². The van der Waals surface area contributed by atoms with E-state index >= 15 is 0 Å². The molecule has 16 N–H and O–H groups in total. The highest BCUT2D eigenvalue weighted by atomic mass is 32.2. The molecule has 2 aliphatic rings. The minimum Gasteiger partial charge on any atom is -0.480 e. The van der Waals surface area contributed by atoms with Crippen LogP contribution in [0.15, 0.2) is 60.7 Å². The molecule has 0 aromatic heterocycles. The maximum Gasteiger partial charge on any atom is 0.326 e. The van der Waals surface area contributed by atoms with Gasteiger partial charge in [-0.15, -0.1) is 0 Å². The predicted molar refractivity (Wildman–Crippen MR) is 342 cm³/mol. The number of rotatable bonds is 37. The Morgan fingerprint density at radius 1 is 0.527 bits per heavy atom. The van der Waals surface area contributed by atoms with Crippen LogP contribution in [0.25, 0.3) is 0 Å². The maximum absolute atomic E-state index is 14.4. The van der Waals surface area contributed by atoms with E-state index in [1.165, 1.54) is 28.5 Å². The molecule has 0 aliphatic carbocycles. The summed E-state index contributed by atoms with van der Waals surface area (Å²) in [6.45, 7) is 8.89. The monoisotopic (exact) mass is 1320 g/mol. The number of likely N-dealkylation sites (tertiary alicyclic amines) is 2. The van der Waals surface area contributed by atoms with Crippen molar-refractivity contribution in [1.82, 2.24) is 57.7 Å². The Hall–Kier alpha value is -7.77. The minimum atomic E-state index is -1.73. The van der Waals surface area contributed by atoms with E-state index in [4.69, 9.17) is 5.73 Å². The van der Waals surface area contributed by atoms with Crippen LogP contribution < -0.4 is 53.6 Å². The molecule has 14 unspecified atom stereocenters. The average Bonchev–Trinajstić information content (AvgIpc) is 2.17. The van der Waals surface area contributed by atoms with Gasteiger partial charge in [-0.2, -0.15) is 11.8 Å². The van der Waals surface area contributed by atoms with E-state index in [2.05, 4.69) is 47.9 Å². The number of aliphatic carboxylic acids is 1. The second-order valence-electron chi connectivity index (χ2n) is 24.4. The van der Waals surface area contributed by atoms with Crippen molar-refractivity contribution in [2.24, 2.45) is 23.5 Å². The maximum atomic E-state index is 14.4. The first-order valence-electron chi connectivity index (χ1n) is 31.5. The molecule has 0 bridgehead atoms. The second kappa shape index (κ2) is 38.4. The predicted octanol–water partition coefficient (Wildman–Crippen LogP) is -2.91. The third kappa shape index (κ3) is 23.3. The number of carbonyl (C=O) groups is 12. The van der Waals surface area contributed by atoms with Crippen LogP contribution in [0, 0.1) is 17.8 Å². The molecule has 2 aliphatic heterocycles. The molecule has 2 saturated heterocycles. The van der Waals surface area contributed by atoms with Crippen molar-refractivity contribution in [1.29, 1.82) is 0 Å². The molecule has 516 valence electrons. The fourth-order valence-corrected chi connectivity index (χ4v) is 11.2. The lowest BCUT2D eigenvalue weighted by Gasteiger charge is -2.32. The first-order valence-corrected chi connectivity index (χ1v) is 32.9. The number of nitrogens with two attached hydrogens (primary N) is 1. The van der Waals surface area contributed by atoms with Gasteiger partial charge in [0.1, 0.15) is 72.5 Å². The van der Waals surface area contributed by atoms with Crippen molar-refractivity contribution >= 4 is 82.7 Å². The number of aliphatic hydroxyl groups excluding tert-OH is 4. The van der Waals surface area contributed by atoms with Crippen LogP contribution in [0.5, 0.6) is 0 Å². The average molecular weight is 1330 g/mol. The lowest BCUT2D eigenvalue weighted by atomic mass is 9.96. The van der Waals surface area contributed by atoms with Crippen LogP contribution in [-0.4, -0.2) is 230 Å². The van der Waals surface area contributed by atoms with Crippen LogP contribution in [-0.2, 0) is 70.4 Å². The van der Waals surface area contributed by atoms with E-state index in [1.807, 2.05) is 0 Å². The molecule has 14 atom stereocenters. The zero-order valence-corrected chi connectivity index (χ0v) is 54.9.